The quantitative estimate of drug-likeness (QED) is 0.519. The normalized spacial score (nSPS) is 15.8. The summed E-state index contributed by atoms with van der Waals surface area (Å²) in [7, 11) is 0. The first-order valence-electron chi connectivity index (χ1n) is 11.6. The summed E-state index contributed by atoms with van der Waals surface area (Å²) < 4.78 is 6.72. The SMILES string of the molecule is CC(C)(C)OC(=O)N1CCN(c2ccc(-n3c(N)c4c(cc3=O)C(=O)NC4=O)c3cnccc23)CC1. The van der Waals surface area contributed by atoms with E-state index in [4.69, 9.17) is 10.5 Å². The zero-order valence-electron chi connectivity index (χ0n) is 20.2. The molecule has 4 heterocycles. The van der Waals surface area contributed by atoms with Gasteiger partial charge in [-0.15, -0.1) is 0 Å². The molecular formula is C25H26N6O5. The van der Waals surface area contributed by atoms with E-state index in [1.54, 1.807) is 23.4 Å². The molecule has 1 saturated heterocycles. The van der Waals surface area contributed by atoms with E-state index in [0.717, 1.165) is 17.1 Å². The van der Waals surface area contributed by atoms with E-state index < -0.39 is 23.0 Å². The molecule has 2 aromatic heterocycles. The fraction of sp³-hybridized carbons (Fsp3) is 0.320. The lowest BCUT2D eigenvalue weighted by Crippen LogP contribution is -2.50. The topological polar surface area (TPSA) is 140 Å². The molecule has 0 atom stereocenters. The van der Waals surface area contributed by atoms with Gasteiger partial charge in [-0.25, -0.2) is 4.79 Å². The van der Waals surface area contributed by atoms with Gasteiger partial charge in [0.05, 0.1) is 16.8 Å². The minimum absolute atomic E-state index is 0.0148. The van der Waals surface area contributed by atoms with Crippen LogP contribution in [0.25, 0.3) is 16.5 Å². The maximum absolute atomic E-state index is 13.0. The number of ether oxygens (including phenoxy) is 1. The molecule has 0 bridgehead atoms. The molecule has 186 valence electrons. The molecule has 11 nitrogen and oxygen atoms in total. The number of fused-ring (bicyclic) bond motifs is 2. The van der Waals surface area contributed by atoms with Gasteiger partial charge < -0.3 is 20.3 Å². The van der Waals surface area contributed by atoms with Crippen molar-refractivity contribution in [3.8, 4) is 5.69 Å². The van der Waals surface area contributed by atoms with Crippen molar-refractivity contribution in [1.29, 1.82) is 0 Å². The van der Waals surface area contributed by atoms with Crippen LogP contribution in [0.15, 0.2) is 41.5 Å². The van der Waals surface area contributed by atoms with Crippen molar-refractivity contribution in [2.45, 2.75) is 26.4 Å². The van der Waals surface area contributed by atoms with E-state index in [9.17, 15) is 19.2 Å². The number of nitrogens with two attached hydrogens (primary N) is 1. The van der Waals surface area contributed by atoms with Crippen LogP contribution in [-0.2, 0) is 4.74 Å². The number of aromatic nitrogens is 2. The molecule has 3 N–H and O–H groups in total. The lowest BCUT2D eigenvalue weighted by molar-refractivity contribution is 0.0240. The minimum Gasteiger partial charge on any atom is -0.444 e. The first-order valence-corrected chi connectivity index (χ1v) is 11.6. The highest BCUT2D eigenvalue weighted by Crippen LogP contribution is 2.33. The summed E-state index contributed by atoms with van der Waals surface area (Å²) >= 11 is 0. The van der Waals surface area contributed by atoms with E-state index in [1.807, 2.05) is 32.9 Å². The Hall–Kier alpha value is -4.41. The van der Waals surface area contributed by atoms with Gasteiger partial charge >= 0.3 is 6.09 Å². The van der Waals surface area contributed by atoms with Crippen LogP contribution in [0.3, 0.4) is 0 Å². The highest BCUT2D eigenvalue weighted by molar-refractivity contribution is 6.23. The van der Waals surface area contributed by atoms with E-state index in [2.05, 4.69) is 15.2 Å². The van der Waals surface area contributed by atoms with Crippen LogP contribution in [0.4, 0.5) is 16.3 Å². The summed E-state index contributed by atoms with van der Waals surface area (Å²) in [5, 5.41) is 3.67. The lowest BCUT2D eigenvalue weighted by Gasteiger charge is -2.37. The Labute approximate surface area is 206 Å². The third-order valence-electron chi connectivity index (χ3n) is 6.24. The number of benzene rings is 1. The standard InChI is InChI=1S/C25H26N6O5/c1-25(2,3)36-24(35)30-10-8-29(9-11-30)17-4-5-18(16-13-27-7-6-14(16)17)31-19(32)12-15-20(21(31)26)23(34)28-22(15)33/h4-7,12-13H,8-11,26H2,1-3H3,(H,28,33,34). The van der Waals surface area contributed by atoms with Crippen molar-refractivity contribution in [2.24, 2.45) is 0 Å². The molecule has 2 aliphatic heterocycles. The highest BCUT2D eigenvalue weighted by Gasteiger charge is 2.32. The maximum atomic E-state index is 13.0. The van der Waals surface area contributed by atoms with Crippen molar-refractivity contribution in [3.63, 3.8) is 0 Å². The van der Waals surface area contributed by atoms with Crippen LogP contribution in [0, 0.1) is 0 Å². The second-order valence-electron chi connectivity index (χ2n) is 9.75. The summed E-state index contributed by atoms with van der Waals surface area (Å²) in [5.41, 5.74) is 6.49. The number of carbonyl (C=O) groups excluding carboxylic acids is 3. The number of anilines is 2. The van der Waals surface area contributed by atoms with Crippen LogP contribution < -0.4 is 21.5 Å². The van der Waals surface area contributed by atoms with Gasteiger partial charge in [-0.05, 0) is 39.0 Å². The summed E-state index contributed by atoms with van der Waals surface area (Å²) in [6.45, 7) is 7.72. The molecule has 0 unspecified atom stereocenters. The lowest BCUT2D eigenvalue weighted by atomic mass is 10.1. The second kappa shape index (κ2) is 8.36. The Morgan fingerprint density at radius 3 is 2.39 bits per heavy atom. The van der Waals surface area contributed by atoms with Gasteiger partial charge in [-0.3, -0.25) is 29.3 Å². The van der Waals surface area contributed by atoms with E-state index in [-0.39, 0.29) is 23.0 Å². The predicted octanol–water partition coefficient (Wildman–Crippen LogP) is 1.91. The third kappa shape index (κ3) is 3.92. The highest BCUT2D eigenvalue weighted by atomic mass is 16.6. The number of hydrogen-bond acceptors (Lipinski definition) is 8. The molecule has 1 fully saturated rings. The average Bonchev–Trinajstić information content (AvgIpc) is 3.11. The number of nitrogens with zero attached hydrogens (tertiary/aromatic N) is 4. The fourth-order valence-electron chi connectivity index (χ4n) is 4.61. The first-order chi connectivity index (χ1) is 17.0. The zero-order valence-corrected chi connectivity index (χ0v) is 20.2. The molecule has 0 aliphatic carbocycles. The minimum atomic E-state index is -0.640. The van der Waals surface area contributed by atoms with Gasteiger partial charge in [0.2, 0.25) is 0 Å². The third-order valence-corrected chi connectivity index (χ3v) is 6.24. The van der Waals surface area contributed by atoms with Gasteiger partial charge in [-0.2, -0.15) is 0 Å². The smallest absolute Gasteiger partial charge is 0.410 e. The fourth-order valence-corrected chi connectivity index (χ4v) is 4.61. The molecule has 5 rings (SSSR count). The Kier molecular flexibility index (Phi) is 5.42. The number of carbonyl (C=O) groups is 3. The molecule has 3 aromatic rings. The average molecular weight is 491 g/mol. The second-order valence-corrected chi connectivity index (χ2v) is 9.75. The number of amides is 3. The Morgan fingerprint density at radius 2 is 1.69 bits per heavy atom. The monoisotopic (exact) mass is 490 g/mol. The molecule has 36 heavy (non-hydrogen) atoms. The van der Waals surface area contributed by atoms with Gasteiger partial charge in [0.25, 0.3) is 17.4 Å². The zero-order chi connectivity index (χ0) is 25.8. The first kappa shape index (κ1) is 23.3. The van der Waals surface area contributed by atoms with Crippen LogP contribution in [-0.4, -0.2) is 64.1 Å². The predicted molar refractivity (Wildman–Crippen MR) is 134 cm³/mol. The summed E-state index contributed by atoms with van der Waals surface area (Å²) in [5.74, 6) is -1.38. The summed E-state index contributed by atoms with van der Waals surface area (Å²) in [6.07, 6.45) is 2.96. The van der Waals surface area contributed by atoms with Crippen LogP contribution in [0.2, 0.25) is 0 Å². The van der Waals surface area contributed by atoms with Gasteiger partial charge in [0.1, 0.15) is 11.4 Å². The summed E-state index contributed by atoms with van der Waals surface area (Å²) in [4.78, 5) is 57.8. The van der Waals surface area contributed by atoms with Crippen LogP contribution in [0.5, 0.6) is 0 Å². The molecule has 11 heteroatoms. The molecule has 3 amide bonds. The molecule has 0 saturated carbocycles. The number of imide groups is 1. The van der Waals surface area contributed by atoms with Gasteiger partial charge in [-0.1, -0.05) is 0 Å². The Morgan fingerprint density at radius 1 is 1.00 bits per heavy atom. The van der Waals surface area contributed by atoms with Crippen LogP contribution >= 0.6 is 0 Å². The van der Waals surface area contributed by atoms with Crippen molar-refractivity contribution >= 4 is 40.2 Å². The number of nitrogen functional groups attached to an aromatic ring is 1. The number of hydrogen-bond donors (Lipinski definition) is 2. The van der Waals surface area contributed by atoms with Gasteiger partial charge in [0, 0.05) is 61.1 Å². The molecule has 0 radical (unpaired) electrons. The Balaban J connectivity index is 1.51. The van der Waals surface area contributed by atoms with E-state index >= 15 is 0 Å². The number of piperazine rings is 1. The molecule has 2 aliphatic rings. The Bertz CT molecular complexity index is 1480. The molecule has 1 aromatic carbocycles. The van der Waals surface area contributed by atoms with Crippen molar-refractivity contribution in [3.05, 3.63) is 58.1 Å². The van der Waals surface area contributed by atoms with Crippen molar-refractivity contribution < 1.29 is 19.1 Å². The summed E-state index contributed by atoms with van der Waals surface area (Å²) in [6, 6.07) is 6.60. The maximum Gasteiger partial charge on any atom is 0.410 e. The number of nitrogens with one attached hydrogen (secondary N) is 1. The van der Waals surface area contributed by atoms with Crippen molar-refractivity contribution in [1.82, 2.24) is 19.8 Å². The largest absolute Gasteiger partial charge is 0.444 e. The van der Waals surface area contributed by atoms with E-state index in [1.165, 1.54) is 4.57 Å². The molecular weight excluding hydrogens is 464 g/mol. The molecule has 0 spiro atoms. The number of rotatable bonds is 2. The number of pyridine rings is 2. The van der Waals surface area contributed by atoms with Crippen molar-refractivity contribution in [2.75, 3.05) is 36.8 Å². The van der Waals surface area contributed by atoms with E-state index in [0.29, 0.717) is 37.3 Å². The van der Waals surface area contributed by atoms with Crippen LogP contribution in [0.1, 0.15) is 41.5 Å². The van der Waals surface area contributed by atoms with Gasteiger partial charge in [0.15, 0.2) is 0 Å².